The summed E-state index contributed by atoms with van der Waals surface area (Å²) in [5.74, 6) is -0.871. The van der Waals surface area contributed by atoms with Gasteiger partial charge in [0.05, 0.1) is 12.7 Å². The normalized spacial score (nSPS) is 20.6. The summed E-state index contributed by atoms with van der Waals surface area (Å²) >= 11 is 6.44. The maximum atomic E-state index is 13.5. The zero-order valence-electron chi connectivity index (χ0n) is 18.7. The predicted octanol–water partition coefficient (Wildman–Crippen LogP) is 4.94. The van der Waals surface area contributed by atoms with Crippen LogP contribution in [0.15, 0.2) is 71.1 Å². The molecular weight excluding hydrogens is 424 g/mol. The Kier molecular flexibility index (Phi) is 6.11. The number of dihydropyridines is 1. The Morgan fingerprint density at radius 3 is 2.41 bits per heavy atom. The second kappa shape index (κ2) is 8.83. The molecule has 0 saturated carbocycles. The lowest BCUT2D eigenvalue weighted by atomic mass is 9.71. The number of hydrogen-bond donors (Lipinski definition) is 1. The van der Waals surface area contributed by atoms with Gasteiger partial charge in [-0.25, -0.2) is 4.79 Å². The van der Waals surface area contributed by atoms with Crippen molar-refractivity contribution in [3.63, 3.8) is 0 Å². The number of nitrogens with one attached hydrogen (secondary N) is 1. The number of methoxy groups -OCH3 is 1. The average Bonchev–Trinajstić information content (AvgIpc) is 2.78. The first-order valence-corrected chi connectivity index (χ1v) is 11.0. The molecule has 2 aliphatic rings. The Hall–Kier alpha value is -3.05. The molecule has 0 fully saturated rings. The molecule has 32 heavy (non-hydrogen) atoms. The second-order valence-corrected chi connectivity index (χ2v) is 8.92. The lowest BCUT2D eigenvalue weighted by Crippen LogP contribution is -2.36. The molecule has 166 valence electrons. The minimum atomic E-state index is -0.463. The first-order chi connectivity index (χ1) is 15.3. The third kappa shape index (κ3) is 3.93. The molecule has 1 aliphatic heterocycles. The van der Waals surface area contributed by atoms with Gasteiger partial charge in [0.25, 0.3) is 0 Å². The first-order valence-electron chi connectivity index (χ1n) is 10.7. The Morgan fingerprint density at radius 1 is 1.09 bits per heavy atom. The molecule has 1 aliphatic carbocycles. The van der Waals surface area contributed by atoms with E-state index in [0.29, 0.717) is 34.7 Å². The van der Waals surface area contributed by atoms with Crippen LogP contribution >= 0.6 is 11.6 Å². The summed E-state index contributed by atoms with van der Waals surface area (Å²) < 4.78 is 5.10. The van der Waals surface area contributed by atoms with Crippen LogP contribution in [0.1, 0.15) is 42.7 Å². The maximum Gasteiger partial charge on any atom is 0.336 e. The first kappa shape index (κ1) is 22.2. The number of hydrogen-bond acceptors (Lipinski definition) is 5. The van der Waals surface area contributed by atoms with Gasteiger partial charge in [0.15, 0.2) is 5.78 Å². The fraction of sp³-hybridized carbons (Fsp3) is 0.308. The van der Waals surface area contributed by atoms with Crippen molar-refractivity contribution < 1.29 is 14.3 Å². The largest absolute Gasteiger partial charge is 0.466 e. The zero-order valence-corrected chi connectivity index (χ0v) is 19.5. The molecule has 4 rings (SSSR count). The molecule has 0 amide bonds. The number of ether oxygens (including phenoxy) is 1. The monoisotopic (exact) mass is 450 g/mol. The number of ketones is 1. The van der Waals surface area contributed by atoms with E-state index < -0.39 is 11.9 Å². The SMILES string of the molecule is COC(=O)C1=C(C)NC2=C(C(=O)C[C@H](c3ccccc3Cl)C2)[C@H]1c1ccc(N(C)C)cc1. The van der Waals surface area contributed by atoms with Crippen LogP contribution in [0.5, 0.6) is 0 Å². The summed E-state index contributed by atoms with van der Waals surface area (Å²) in [7, 11) is 5.32. The molecule has 0 radical (unpaired) electrons. The van der Waals surface area contributed by atoms with Crippen LogP contribution in [0.4, 0.5) is 5.69 Å². The molecule has 0 bridgehead atoms. The molecule has 2 atom stereocenters. The Morgan fingerprint density at radius 2 is 1.78 bits per heavy atom. The molecule has 0 saturated heterocycles. The Balaban J connectivity index is 1.80. The van der Waals surface area contributed by atoms with Crippen LogP contribution in [-0.2, 0) is 14.3 Å². The van der Waals surface area contributed by atoms with E-state index >= 15 is 0 Å². The Labute approximate surface area is 193 Å². The number of carbonyl (C=O) groups is 2. The van der Waals surface area contributed by atoms with Gasteiger partial charge in [0, 0.05) is 54.1 Å². The lowest BCUT2D eigenvalue weighted by Gasteiger charge is -2.36. The zero-order chi connectivity index (χ0) is 23.0. The fourth-order valence-corrected chi connectivity index (χ4v) is 5.03. The number of benzene rings is 2. The highest BCUT2D eigenvalue weighted by Gasteiger charge is 2.41. The summed E-state index contributed by atoms with van der Waals surface area (Å²) in [6, 6.07) is 15.6. The van der Waals surface area contributed by atoms with Crippen molar-refractivity contribution in [2.75, 3.05) is 26.1 Å². The highest BCUT2D eigenvalue weighted by atomic mass is 35.5. The summed E-state index contributed by atoms with van der Waals surface area (Å²) in [6.45, 7) is 1.86. The van der Waals surface area contributed by atoms with E-state index in [1.165, 1.54) is 7.11 Å². The van der Waals surface area contributed by atoms with E-state index in [4.69, 9.17) is 16.3 Å². The van der Waals surface area contributed by atoms with Gasteiger partial charge < -0.3 is 15.0 Å². The molecular formula is C26H27ClN2O3. The fourth-order valence-electron chi connectivity index (χ4n) is 4.74. The Bertz CT molecular complexity index is 1130. The summed E-state index contributed by atoms with van der Waals surface area (Å²) in [5.41, 5.74) is 5.62. The molecule has 1 heterocycles. The number of esters is 1. The standard InChI is InChI=1S/C26H27ClN2O3/c1-15-23(26(31)32-4)24(16-9-11-18(12-10-16)29(2)3)25-21(28-15)13-17(14-22(25)30)19-7-5-6-8-20(19)27/h5-12,17,24,28H,13-14H2,1-4H3/t17-,24+/m1/s1. The van der Waals surface area contributed by atoms with Crippen molar-refractivity contribution in [3.8, 4) is 0 Å². The summed E-state index contributed by atoms with van der Waals surface area (Å²) in [5, 5.41) is 4.02. The highest BCUT2D eigenvalue weighted by Crippen LogP contribution is 2.46. The van der Waals surface area contributed by atoms with Gasteiger partial charge in [-0.1, -0.05) is 41.9 Å². The van der Waals surface area contributed by atoms with Crippen LogP contribution in [0.25, 0.3) is 0 Å². The number of nitrogens with zero attached hydrogens (tertiary/aromatic N) is 1. The van der Waals surface area contributed by atoms with Gasteiger partial charge in [0.1, 0.15) is 0 Å². The third-order valence-corrected chi connectivity index (χ3v) is 6.66. The van der Waals surface area contributed by atoms with E-state index in [1.54, 1.807) is 0 Å². The van der Waals surface area contributed by atoms with Crippen molar-refractivity contribution in [1.29, 1.82) is 0 Å². The third-order valence-electron chi connectivity index (χ3n) is 6.32. The highest BCUT2D eigenvalue weighted by molar-refractivity contribution is 6.31. The van der Waals surface area contributed by atoms with Gasteiger partial charge >= 0.3 is 5.97 Å². The van der Waals surface area contributed by atoms with E-state index in [0.717, 1.165) is 22.5 Å². The van der Waals surface area contributed by atoms with E-state index in [9.17, 15) is 9.59 Å². The molecule has 0 spiro atoms. The van der Waals surface area contributed by atoms with Crippen LogP contribution < -0.4 is 10.2 Å². The minimum absolute atomic E-state index is 0.00769. The van der Waals surface area contributed by atoms with E-state index in [-0.39, 0.29) is 11.7 Å². The van der Waals surface area contributed by atoms with Crippen LogP contribution in [0.2, 0.25) is 5.02 Å². The van der Waals surface area contributed by atoms with Crippen molar-refractivity contribution >= 4 is 29.0 Å². The van der Waals surface area contributed by atoms with E-state index in [1.807, 2.05) is 74.4 Å². The van der Waals surface area contributed by atoms with Gasteiger partial charge in [-0.05, 0) is 48.6 Å². The molecule has 6 heteroatoms. The molecule has 2 aromatic carbocycles. The average molecular weight is 451 g/mol. The number of rotatable bonds is 4. The number of anilines is 1. The molecule has 0 unspecified atom stereocenters. The van der Waals surface area contributed by atoms with Crippen molar-refractivity contribution in [2.24, 2.45) is 0 Å². The van der Waals surface area contributed by atoms with Crippen LogP contribution in [0.3, 0.4) is 0 Å². The lowest BCUT2D eigenvalue weighted by molar-refractivity contribution is -0.136. The molecule has 1 N–H and O–H groups in total. The van der Waals surface area contributed by atoms with Crippen molar-refractivity contribution in [3.05, 3.63) is 87.2 Å². The number of Topliss-reactive ketones (excluding diaryl/α,β-unsaturated/α-hetero) is 1. The quantitative estimate of drug-likeness (QED) is 0.668. The number of carbonyl (C=O) groups excluding carboxylic acids is 2. The number of halogens is 1. The second-order valence-electron chi connectivity index (χ2n) is 8.52. The summed E-state index contributed by atoms with van der Waals surface area (Å²) in [4.78, 5) is 28.3. The van der Waals surface area contributed by atoms with Gasteiger partial charge in [0.2, 0.25) is 0 Å². The topological polar surface area (TPSA) is 58.6 Å². The van der Waals surface area contributed by atoms with Gasteiger partial charge in [-0.3, -0.25) is 4.79 Å². The van der Waals surface area contributed by atoms with Crippen molar-refractivity contribution in [2.45, 2.75) is 31.6 Å². The van der Waals surface area contributed by atoms with E-state index in [2.05, 4.69) is 5.32 Å². The summed E-state index contributed by atoms with van der Waals surface area (Å²) in [6.07, 6.45) is 1.01. The van der Waals surface area contributed by atoms with Crippen molar-refractivity contribution in [1.82, 2.24) is 5.32 Å². The molecule has 5 nitrogen and oxygen atoms in total. The maximum absolute atomic E-state index is 13.5. The van der Waals surface area contributed by atoms with Gasteiger partial charge in [-0.15, -0.1) is 0 Å². The van der Waals surface area contributed by atoms with Gasteiger partial charge in [-0.2, -0.15) is 0 Å². The number of allylic oxidation sites excluding steroid dienone is 3. The molecule has 2 aromatic rings. The van der Waals surface area contributed by atoms with Crippen LogP contribution in [-0.4, -0.2) is 33.0 Å². The van der Waals surface area contributed by atoms with Crippen LogP contribution in [0, 0.1) is 0 Å². The predicted molar refractivity (Wildman–Crippen MR) is 127 cm³/mol. The minimum Gasteiger partial charge on any atom is -0.466 e. The molecule has 0 aromatic heterocycles. The smallest absolute Gasteiger partial charge is 0.336 e.